The van der Waals surface area contributed by atoms with Gasteiger partial charge in [0.25, 0.3) is 0 Å². The Hall–Kier alpha value is -3.01. The van der Waals surface area contributed by atoms with Crippen LogP contribution in [-0.4, -0.2) is 20.1 Å². The van der Waals surface area contributed by atoms with E-state index in [2.05, 4.69) is 23.5 Å². The number of hydrogen-bond acceptors (Lipinski definition) is 3. The maximum absolute atomic E-state index is 12.4. The summed E-state index contributed by atoms with van der Waals surface area (Å²) in [5, 5.41) is 5.32. The van der Waals surface area contributed by atoms with Crippen molar-refractivity contribution in [1.82, 2.24) is 5.32 Å². The van der Waals surface area contributed by atoms with Crippen molar-refractivity contribution in [2.45, 2.75) is 13.0 Å². The van der Waals surface area contributed by atoms with Crippen molar-refractivity contribution in [2.75, 3.05) is 14.2 Å². The monoisotopic (exact) mass is 335 g/mol. The van der Waals surface area contributed by atoms with Crippen LogP contribution < -0.4 is 14.8 Å². The molecule has 3 aromatic carbocycles. The molecule has 1 N–H and O–H groups in total. The molecule has 0 spiro atoms. The quantitative estimate of drug-likeness (QED) is 0.747. The molecule has 4 nitrogen and oxygen atoms in total. The summed E-state index contributed by atoms with van der Waals surface area (Å²) in [7, 11) is 3.20. The molecular weight excluding hydrogens is 314 g/mol. The fourth-order valence-electron chi connectivity index (χ4n) is 2.90. The first-order valence-electron chi connectivity index (χ1n) is 8.15. The molecule has 0 atom stereocenters. The van der Waals surface area contributed by atoms with Gasteiger partial charge in [0.1, 0.15) is 11.5 Å². The van der Waals surface area contributed by atoms with Gasteiger partial charge in [0, 0.05) is 12.1 Å². The van der Waals surface area contributed by atoms with Gasteiger partial charge in [-0.2, -0.15) is 0 Å². The van der Waals surface area contributed by atoms with Gasteiger partial charge in [0.2, 0.25) is 5.91 Å². The van der Waals surface area contributed by atoms with Crippen LogP contribution in [0.2, 0.25) is 0 Å². The average molecular weight is 335 g/mol. The summed E-state index contributed by atoms with van der Waals surface area (Å²) in [6.45, 7) is 0.493. The summed E-state index contributed by atoms with van der Waals surface area (Å²) in [4.78, 5) is 12.4. The van der Waals surface area contributed by atoms with Gasteiger partial charge in [-0.15, -0.1) is 0 Å². The third kappa shape index (κ3) is 3.91. The van der Waals surface area contributed by atoms with Crippen LogP contribution in [0.5, 0.6) is 11.5 Å². The highest BCUT2D eigenvalue weighted by atomic mass is 16.5. The van der Waals surface area contributed by atoms with Crippen molar-refractivity contribution in [3.05, 3.63) is 71.8 Å². The minimum absolute atomic E-state index is 0.0560. The van der Waals surface area contributed by atoms with Gasteiger partial charge in [-0.1, -0.05) is 42.5 Å². The summed E-state index contributed by atoms with van der Waals surface area (Å²) in [5.74, 6) is 1.33. The predicted molar refractivity (Wildman–Crippen MR) is 99.0 cm³/mol. The van der Waals surface area contributed by atoms with E-state index in [1.165, 1.54) is 5.39 Å². The highest BCUT2D eigenvalue weighted by Gasteiger charge is 2.11. The van der Waals surface area contributed by atoms with Gasteiger partial charge in [-0.3, -0.25) is 4.79 Å². The second kappa shape index (κ2) is 7.71. The van der Waals surface area contributed by atoms with E-state index in [9.17, 15) is 4.79 Å². The lowest BCUT2D eigenvalue weighted by Gasteiger charge is -2.12. The minimum Gasteiger partial charge on any atom is -0.497 e. The number of hydrogen-bond donors (Lipinski definition) is 1. The van der Waals surface area contributed by atoms with Crippen molar-refractivity contribution in [1.29, 1.82) is 0 Å². The summed E-state index contributed by atoms with van der Waals surface area (Å²) in [5.41, 5.74) is 1.90. The van der Waals surface area contributed by atoms with Crippen LogP contribution in [0.4, 0.5) is 0 Å². The standard InChI is InChI=1S/C21H21NO3/c1-24-18-10-11-20(25-2)17(12-18)13-21(23)22-14-16-8-5-7-15-6-3-4-9-19(15)16/h3-12H,13-14H2,1-2H3,(H,22,23). The molecule has 0 aliphatic rings. The molecule has 0 aliphatic carbocycles. The maximum atomic E-state index is 12.4. The van der Waals surface area contributed by atoms with E-state index in [1.54, 1.807) is 14.2 Å². The van der Waals surface area contributed by atoms with Gasteiger partial charge in [0.15, 0.2) is 0 Å². The molecule has 0 radical (unpaired) electrons. The fraction of sp³-hybridized carbons (Fsp3) is 0.190. The number of carbonyl (C=O) groups is 1. The van der Waals surface area contributed by atoms with Gasteiger partial charge < -0.3 is 14.8 Å². The molecule has 0 heterocycles. The molecule has 25 heavy (non-hydrogen) atoms. The molecule has 0 saturated carbocycles. The fourth-order valence-corrected chi connectivity index (χ4v) is 2.90. The number of methoxy groups -OCH3 is 2. The van der Waals surface area contributed by atoms with Crippen LogP contribution in [0.15, 0.2) is 60.7 Å². The topological polar surface area (TPSA) is 47.6 Å². The maximum Gasteiger partial charge on any atom is 0.224 e. The zero-order valence-electron chi connectivity index (χ0n) is 14.4. The van der Waals surface area contributed by atoms with E-state index < -0.39 is 0 Å². The highest BCUT2D eigenvalue weighted by molar-refractivity contribution is 5.86. The molecule has 3 rings (SSSR count). The van der Waals surface area contributed by atoms with Crippen LogP contribution in [0.3, 0.4) is 0 Å². The Morgan fingerprint density at radius 3 is 2.52 bits per heavy atom. The zero-order valence-corrected chi connectivity index (χ0v) is 14.4. The number of nitrogens with one attached hydrogen (secondary N) is 1. The first-order valence-corrected chi connectivity index (χ1v) is 8.15. The molecule has 0 aliphatic heterocycles. The molecular formula is C21H21NO3. The summed E-state index contributed by atoms with van der Waals surface area (Å²) in [6, 6.07) is 19.7. The van der Waals surface area contributed by atoms with Crippen LogP contribution in [-0.2, 0) is 17.8 Å². The van der Waals surface area contributed by atoms with E-state index >= 15 is 0 Å². The van der Waals surface area contributed by atoms with Crippen molar-refractivity contribution < 1.29 is 14.3 Å². The number of fused-ring (bicyclic) bond motifs is 1. The van der Waals surface area contributed by atoms with E-state index in [-0.39, 0.29) is 12.3 Å². The first kappa shape index (κ1) is 16.8. The molecule has 0 unspecified atom stereocenters. The number of ether oxygens (including phenoxy) is 2. The second-order valence-corrected chi connectivity index (χ2v) is 5.77. The van der Waals surface area contributed by atoms with Crippen LogP contribution in [0.1, 0.15) is 11.1 Å². The summed E-state index contributed by atoms with van der Waals surface area (Å²) < 4.78 is 10.6. The minimum atomic E-state index is -0.0560. The molecule has 1 amide bonds. The number of rotatable bonds is 6. The predicted octanol–water partition coefficient (Wildman–Crippen LogP) is 3.72. The second-order valence-electron chi connectivity index (χ2n) is 5.77. The summed E-state index contributed by atoms with van der Waals surface area (Å²) in [6.07, 6.45) is 0.241. The Balaban J connectivity index is 1.71. The Morgan fingerprint density at radius 1 is 0.920 bits per heavy atom. The van der Waals surface area contributed by atoms with E-state index in [0.717, 1.165) is 16.5 Å². The van der Waals surface area contributed by atoms with Crippen molar-refractivity contribution in [2.24, 2.45) is 0 Å². The number of benzene rings is 3. The smallest absolute Gasteiger partial charge is 0.224 e. The lowest BCUT2D eigenvalue weighted by atomic mass is 10.0. The van der Waals surface area contributed by atoms with Gasteiger partial charge in [-0.25, -0.2) is 0 Å². The average Bonchev–Trinajstić information content (AvgIpc) is 2.66. The third-order valence-electron chi connectivity index (χ3n) is 4.19. The lowest BCUT2D eigenvalue weighted by molar-refractivity contribution is -0.120. The number of amides is 1. The van der Waals surface area contributed by atoms with Gasteiger partial charge in [0.05, 0.1) is 20.6 Å². The lowest BCUT2D eigenvalue weighted by Crippen LogP contribution is -2.24. The van der Waals surface area contributed by atoms with E-state index in [4.69, 9.17) is 9.47 Å². The van der Waals surface area contributed by atoms with Gasteiger partial charge in [-0.05, 0) is 34.5 Å². The normalized spacial score (nSPS) is 10.5. The Labute approximate surface area is 147 Å². The summed E-state index contributed by atoms with van der Waals surface area (Å²) >= 11 is 0. The first-order chi connectivity index (χ1) is 12.2. The van der Waals surface area contributed by atoms with Gasteiger partial charge >= 0.3 is 0 Å². The third-order valence-corrected chi connectivity index (χ3v) is 4.19. The molecule has 3 aromatic rings. The largest absolute Gasteiger partial charge is 0.497 e. The van der Waals surface area contributed by atoms with Crippen LogP contribution in [0.25, 0.3) is 10.8 Å². The molecule has 0 bridgehead atoms. The molecule has 4 heteroatoms. The Bertz CT molecular complexity index is 884. The number of carbonyl (C=O) groups excluding carboxylic acids is 1. The molecule has 0 saturated heterocycles. The molecule has 0 fully saturated rings. The van der Waals surface area contributed by atoms with E-state index in [1.807, 2.05) is 42.5 Å². The van der Waals surface area contributed by atoms with Crippen molar-refractivity contribution in [3.8, 4) is 11.5 Å². The Kier molecular flexibility index (Phi) is 5.19. The van der Waals surface area contributed by atoms with Crippen molar-refractivity contribution in [3.63, 3.8) is 0 Å². The van der Waals surface area contributed by atoms with E-state index in [0.29, 0.717) is 18.0 Å². The zero-order chi connectivity index (χ0) is 17.6. The SMILES string of the molecule is COc1ccc(OC)c(CC(=O)NCc2cccc3ccccc23)c1. The highest BCUT2D eigenvalue weighted by Crippen LogP contribution is 2.24. The van der Waals surface area contributed by atoms with Crippen molar-refractivity contribution >= 4 is 16.7 Å². The molecule has 0 aromatic heterocycles. The van der Waals surface area contributed by atoms with Crippen LogP contribution in [0, 0.1) is 0 Å². The molecule has 128 valence electrons. The Morgan fingerprint density at radius 2 is 1.72 bits per heavy atom. The van der Waals surface area contributed by atoms with Crippen LogP contribution >= 0.6 is 0 Å².